The first-order valence-electron chi connectivity index (χ1n) is 7.56. The third kappa shape index (κ3) is 2.09. The number of halogens is 4. The van der Waals surface area contributed by atoms with Crippen LogP contribution in [0.15, 0.2) is 5.10 Å². The number of hydrazone groups is 1. The molecule has 4 saturated carbocycles. The van der Waals surface area contributed by atoms with Crippen LogP contribution in [0.4, 0.5) is 23.2 Å². The molecular formula is C15H15F4N3. The number of anilines is 1. The fraction of sp³-hybridized carbons (Fsp3) is 0.600. The molecule has 0 saturated heterocycles. The molecule has 5 rings (SSSR count). The Bertz CT molecular complexity index is 602. The van der Waals surface area contributed by atoms with Gasteiger partial charge < -0.3 is 0 Å². The second-order valence-electron chi connectivity index (χ2n) is 6.65. The van der Waals surface area contributed by atoms with E-state index in [-0.39, 0.29) is 0 Å². The minimum Gasteiger partial charge on any atom is -0.272 e. The first kappa shape index (κ1) is 14.0. The monoisotopic (exact) mass is 313 g/mol. The Labute approximate surface area is 124 Å². The zero-order valence-corrected chi connectivity index (χ0v) is 11.8. The van der Waals surface area contributed by atoms with Gasteiger partial charge in [0.15, 0.2) is 0 Å². The zero-order valence-electron chi connectivity index (χ0n) is 11.8. The van der Waals surface area contributed by atoms with Crippen molar-refractivity contribution in [1.82, 2.24) is 4.98 Å². The highest BCUT2D eigenvalue weighted by molar-refractivity contribution is 5.91. The van der Waals surface area contributed by atoms with Crippen molar-refractivity contribution >= 4 is 11.4 Å². The standard InChI is InChI=1S/C15H15F4N3/c16-10-13(11(17)15(19)20-14(10)18)22-21-12-8-2-6-1-7(4-8)5-9(12)3-6/h6-9H,1-5H2,(H,20,22). The molecule has 0 spiro atoms. The largest absolute Gasteiger partial charge is 0.272 e. The Morgan fingerprint density at radius 2 is 1.32 bits per heavy atom. The summed E-state index contributed by atoms with van der Waals surface area (Å²) >= 11 is 0. The summed E-state index contributed by atoms with van der Waals surface area (Å²) < 4.78 is 53.3. The van der Waals surface area contributed by atoms with E-state index in [9.17, 15) is 17.6 Å². The van der Waals surface area contributed by atoms with Gasteiger partial charge in [0.05, 0.1) is 0 Å². The molecule has 0 amide bonds. The van der Waals surface area contributed by atoms with Gasteiger partial charge in [-0.1, -0.05) is 0 Å². The molecule has 1 heterocycles. The summed E-state index contributed by atoms with van der Waals surface area (Å²) in [5.74, 6) is -4.34. The number of pyridine rings is 1. The highest BCUT2D eigenvalue weighted by atomic mass is 19.2. The average molecular weight is 313 g/mol. The summed E-state index contributed by atoms with van der Waals surface area (Å²) in [5, 5.41) is 4.12. The molecule has 4 fully saturated rings. The summed E-state index contributed by atoms with van der Waals surface area (Å²) in [7, 11) is 0. The van der Waals surface area contributed by atoms with Gasteiger partial charge in [0, 0.05) is 5.71 Å². The molecule has 0 aromatic carbocycles. The van der Waals surface area contributed by atoms with Gasteiger partial charge in [-0.3, -0.25) is 5.43 Å². The number of hydrogen-bond acceptors (Lipinski definition) is 3. The second-order valence-corrected chi connectivity index (χ2v) is 6.65. The van der Waals surface area contributed by atoms with Crippen molar-refractivity contribution in [3.8, 4) is 0 Å². The van der Waals surface area contributed by atoms with Crippen LogP contribution < -0.4 is 5.43 Å². The first-order valence-corrected chi connectivity index (χ1v) is 7.56. The van der Waals surface area contributed by atoms with Crippen molar-refractivity contribution in [1.29, 1.82) is 0 Å². The van der Waals surface area contributed by atoms with E-state index in [1.165, 1.54) is 6.42 Å². The topological polar surface area (TPSA) is 37.3 Å². The molecule has 7 heteroatoms. The van der Waals surface area contributed by atoms with Gasteiger partial charge >= 0.3 is 0 Å². The SMILES string of the molecule is Fc1nc(F)c(F)c(NN=C2C3CC4CC(C3)CC2C4)c1F. The smallest absolute Gasteiger partial charge is 0.254 e. The lowest BCUT2D eigenvalue weighted by molar-refractivity contribution is 0.108. The maximum absolute atomic E-state index is 13.6. The fourth-order valence-corrected chi connectivity index (χ4v) is 4.56. The molecule has 1 aromatic heterocycles. The van der Waals surface area contributed by atoms with Gasteiger partial charge in [0.1, 0.15) is 5.69 Å². The lowest BCUT2D eigenvalue weighted by Crippen LogP contribution is -2.45. The van der Waals surface area contributed by atoms with E-state index >= 15 is 0 Å². The quantitative estimate of drug-likeness (QED) is 0.511. The van der Waals surface area contributed by atoms with Crippen LogP contribution in [-0.4, -0.2) is 10.7 Å². The first-order chi connectivity index (χ1) is 10.5. The van der Waals surface area contributed by atoms with Crippen LogP contribution in [0.5, 0.6) is 0 Å². The van der Waals surface area contributed by atoms with E-state index in [1.807, 2.05) is 0 Å². The Balaban J connectivity index is 1.63. The molecule has 118 valence electrons. The minimum atomic E-state index is -1.67. The van der Waals surface area contributed by atoms with Crippen molar-refractivity contribution < 1.29 is 17.6 Å². The van der Waals surface area contributed by atoms with Gasteiger partial charge in [-0.05, 0) is 55.8 Å². The van der Waals surface area contributed by atoms with E-state index in [4.69, 9.17) is 0 Å². The van der Waals surface area contributed by atoms with Crippen LogP contribution in [0.3, 0.4) is 0 Å². The van der Waals surface area contributed by atoms with Crippen molar-refractivity contribution in [2.24, 2.45) is 28.8 Å². The molecule has 1 aromatic rings. The van der Waals surface area contributed by atoms with Crippen LogP contribution in [0.1, 0.15) is 32.1 Å². The van der Waals surface area contributed by atoms with Crippen LogP contribution in [0.2, 0.25) is 0 Å². The summed E-state index contributed by atoms with van der Waals surface area (Å²) in [6.07, 6.45) is 5.49. The van der Waals surface area contributed by atoms with E-state index in [0.29, 0.717) is 11.8 Å². The summed E-state index contributed by atoms with van der Waals surface area (Å²) in [5.41, 5.74) is 2.19. The lowest BCUT2D eigenvalue weighted by atomic mass is 9.55. The molecule has 1 N–H and O–H groups in total. The maximum atomic E-state index is 13.6. The molecule has 4 aliphatic rings. The highest BCUT2D eigenvalue weighted by Gasteiger charge is 2.46. The number of nitrogens with one attached hydrogen (secondary N) is 1. The number of rotatable bonds is 2. The lowest BCUT2D eigenvalue weighted by Gasteiger charge is -2.50. The molecule has 0 radical (unpaired) electrons. The molecular weight excluding hydrogens is 298 g/mol. The molecule has 4 bridgehead atoms. The maximum Gasteiger partial charge on any atom is 0.254 e. The summed E-state index contributed by atoms with van der Waals surface area (Å²) in [6.45, 7) is 0. The minimum absolute atomic E-state index is 0.325. The van der Waals surface area contributed by atoms with Gasteiger partial charge in [-0.15, -0.1) is 0 Å². The van der Waals surface area contributed by atoms with Crippen LogP contribution in [-0.2, 0) is 0 Å². The number of aromatic nitrogens is 1. The van der Waals surface area contributed by atoms with E-state index in [0.717, 1.165) is 43.2 Å². The van der Waals surface area contributed by atoms with E-state index < -0.39 is 29.2 Å². The second kappa shape index (κ2) is 4.93. The summed E-state index contributed by atoms with van der Waals surface area (Å²) in [6, 6.07) is 0. The normalized spacial score (nSPS) is 32.5. The molecule has 3 nitrogen and oxygen atoms in total. The molecule has 0 aliphatic heterocycles. The highest BCUT2D eigenvalue weighted by Crippen LogP contribution is 2.52. The molecule has 0 atom stereocenters. The predicted octanol–water partition coefficient (Wildman–Crippen LogP) is 3.86. The number of nitrogens with zero attached hydrogens (tertiary/aromatic N) is 2. The van der Waals surface area contributed by atoms with Crippen molar-refractivity contribution in [3.05, 3.63) is 23.5 Å². The van der Waals surface area contributed by atoms with Crippen LogP contribution >= 0.6 is 0 Å². The van der Waals surface area contributed by atoms with Crippen LogP contribution in [0.25, 0.3) is 0 Å². The Morgan fingerprint density at radius 3 is 1.82 bits per heavy atom. The van der Waals surface area contributed by atoms with Crippen LogP contribution in [0, 0.1) is 47.2 Å². The third-order valence-corrected chi connectivity index (χ3v) is 5.27. The van der Waals surface area contributed by atoms with Crippen molar-refractivity contribution in [2.45, 2.75) is 32.1 Å². The Kier molecular flexibility index (Phi) is 3.13. The van der Waals surface area contributed by atoms with Crippen molar-refractivity contribution in [3.63, 3.8) is 0 Å². The summed E-state index contributed by atoms with van der Waals surface area (Å²) in [4.78, 5) is 2.53. The Morgan fingerprint density at radius 1 is 0.818 bits per heavy atom. The van der Waals surface area contributed by atoms with Gasteiger partial charge in [0.2, 0.25) is 11.6 Å². The van der Waals surface area contributed by atoms with E-state index in [2.05, 4.69) is 15.5 Å². The molecule has 22 heavy (non-hydrogen) atoms. The Hall–Kier alpha value is -1.66. The predicted molar refractivity (Wildman–Crippen MR) is 72.2 cm³/mol. The van der Waals surface area contributed by atoms with E-state index in [1.54, 1.807) is 0 Å². The number of hydrogen-bond donors (Lipinski definition) is 1. The average Bonchev–Trinajstić information content (AvgIpc) is 2.47. The molecule has 4 aliphatic carbocycles. The van der Waals surface area contributed by atoms with Crippen molar-refractivity contribution in [2.75, 3.05) is 5.43 Å². The third-order valence-electron chi connectivity index (χ3n) is 5.27. The molecule has 0 unspecified atom stereocenters. The fourth-order valence-electron chi connectivity index (χ4n) is 4.56. The van der Waals surface area contributed by atoms with Gasteiger partial charge in [0.25, 0.3) is 11.9 Å². The van der Waals surface area contributed by atoms with Gasteiger partial charge in [-0.2, -0.15) is 27.6 Å². The van der Waals surface area contributed by atoms with Gasteiger partial charge in [-0.25, -0.2) is 0 Å². The zero-order chi connectivity index (χ0) is 15.4.